The molecule has 0 radical (unpaired) electrons. The lowest BCUT2D eigenvalue weighted by Crippen LogP contribution is -1.87. The quantitative estimate of drug-likeness (QED) is 0.770. The number of aryl methyl sites for hydroxylation is 2. The van der Waals surface area contributed by atoms with E-state index < -0.39 is 0 Å². The van der Waals surface area contributed by atoms with Gasteiger partial charge in [0, 0.05) is 14.8 Å². The van der Waals surface area contributed by atoms with Gasteiger partial charge < -0.3 is 0 Å². The van der Waals surface area contributed by atoms with Crippen LogP contribution in [0.4, 0.5) is 0 Å². The molecule has 0 atom stereocenters. The van der Waals surface area contributed by atoms with Gasteiger partial charge in [0.05, 0.1) is 5.56 Å². The van der Waals surface area contributed by atoms with Crippen molar-refractivity contribution in [2.24, 2.45) is 0 Å². The average Bonchev–Trinajstić information content (AvgIpc) is 2.34. The minimum atomic E-state index is 0.717. The van der Waals surface area contributed by atoms with Gasteiger partial charge in [-0.05, 0) is 49.2 Å². The maximum Gasteiger partial charge on any atom is 0.100 e. The summed E-state index contributed by atoms with van der Waals surface area (Å²) in [6.45, 7) is 4.05. The number of hydrogen-bond donors (Lipinski definition) is 0. The highest BCUT2D eigenvalue weighted by Gasteiger charge is 2.09. The molecule has 0 N–H and O–H groups in total. The fourth-order valence-corrected chi connectivity index (χ4v) is 2.97. The van der Waals surface area contributed by atoms with Crippen molar-refractivity contribution in [3.63, 3.8) is 0 Å². The molecule has 0 fully saturated rings. The predicted molar refractivity (Wildman–Crippen MR) is 76.2 cm³/mol. The number of nitriles is 1. The molecule has 2 aromatic carbocycles. The second-order valence-electron chi connectivity index (χ2n) is 4.08. The SMILES string of the molecule is Cc1cc(Cl)ccc1Sc1c(C)cccc1C#N. The van der Waals surface area contributed by atoms with Crippen molar-refractivity contribution < 1.29 is 0 Å². The largest absolute Gasteiger partial charge is 0.192 e. The summed E-state index contributed by atoms with van der Waals surface area (Å²) >= 11 is 7.57. The van der Waals surface area contributed by atoms with Gasteiger partial charge >= 0.3 is 0 Å². The summed E-state index contributed by atoms with van der Waals surface area (Å²) in [6, 6.07) is 13.8. The molecule has 2 aromatic rings. The van der Waals surface area contributed by atoms with E-state index in [1.54, 1.807) is 11.8 Å². The van der Waals surface area contributed by atoms with Crippen LogP contribution in [0.25, 0.3) is 0 Å². The minimum Gasteiger partial charge on any atom is -0.192 e. The third-order valence-corrected chi connectivity index (χ3v) is 4.34. The molecule has 3 heteroatoms. The number of rotatable bonds is 2. The van der Waals surface area contributed by atoms with Crippen LogP contribution >= 0.6 is 23.4 Å². The minimum absolute atomic E-state index is 0.717. The fraction of sp³-hybridized carbons (Fsp3) is 0.133. The van der Waals surface area contributed by atoms with E-state index >= 15 is 0 Å². The highest BCUT2D eigenvalue weighted by Crippen LogP contribution is 2.35. The molecule has 0 unspecified atom stereocenters. The molecule has 1 nitrogen and oxygen atoms in total. The Morgan fingerprint density at radius 3 is 2.56 bits per heavy atom. The first kappa shape index (κ1) is 13.0. The average molecular weight is 274 g/mol. The summed E-state index contributed by atoms with van der Waals surface area (Å²) in [5, 5.41) is 9.89. The first-order chi connectivity index (χ1) is 8.61. The van der Waals surface area contributed by atoms with Gasteiger partial charge in [-0.2, -0.15) is 5.26 Å². The third-order valence-electron chi connectivity index (χ3n) is 2.68. The second-order valence-corrected chi connectivity index (χ2v) is 5.56. The Hall–Kier alpha value is -1.43. The molecule has 0 aliphatic heterocycles. The van der Waals surface area contributed by atoms with Crippen LogP contribution in [0.15, 0.2) is 46.2 Å². The molecule has 2 rings (SSSR count). The standard InChI is InChI=1S/C15H12ClNS/c1-10-4-3-5-12(9-17)15(10)18-14-7-6-13(16)8-11(14)2/h3-8H,1-2H3. The van der Waals surface area contributed by atoms with E-state index in [2.05, 4.69) is 6.07 Å². The molecule has 0 aliphatic rings. The molecule has 0 spiro atoms. The summed E-state index contributed by atoms with van der Waals surface area (Å²) in [5.41, 5.74) is 2.96. The van der Waals surface area contributed by atoms with Gasteiger partial charge in [-0.25, -0.2) is 0 Å². The molecule has 90 valence electrons. The zero-order valence-electron chi connectivity index (χ0n) is 10.2. The van der Waals surface area contributed by atoms with Crippen LogP contribution < -0.4 is 0 Å². The van der Waals surface area contributed by atoms with Gasteiger partial charge in [0.1, 0.15) is 6.07 Å². The fourth-order valence-electron chi connectivity index (χ4n) is 1.71. The lowest BCUT2D eigenvalue weighted by atomic mass is 10.1. The van der Waals surface area contributed by atoms with Crippen LogP contribution in [0.5, 0.6) is 0 Å². The maximum absolute atomic E-state index is 9.15. The Morgan fingerprint density at radius 2 is 1.89 bits per heavy atom. The summed E-state index contributed by atoms with van der Waals surface area (Å²) in [7, 11) is 0. The molecule has 18 heavy (non-hydrogen) atoms. The monoisotopic (exact) mass is 273 g/mol. The van der Waals surface area contributed by atoms with Crippen molar-refractivity contribution in [2.75, 3.05) is 0 Å². The molecule has 0 amide bonds. The molecule has 0 aromatic heterocycles. The lowest BCUT2D eigenvalue weighted by Gasteiger charge is -2.10. The normalized spacial score (nSPS) is 10.1. The number of nitrogens with zero attached hydrogens (tertiary/aromatic N) is 1. The Labute approximate surface area is 116 Å². The Bertz CT molecular complexity index is 629. The van der Waals surface area contributed by atoms with Crippen molar-refractivity contribution in [3.8, 4) is 6.07 Å². The van der Waals surface area contributed by atoms with E-state index in [4.69, 9.17) is 16.9 Å². The summed E-state index contributed by atoms with van der Waals surface area (Å²) in [5.74, 6) is 0. The van der Waals surface area contributed by atoms with Gasteiger partial charge in [0.2, 0.25) is 0 Å². The predicted octanol–water partition coefficient (Wildman–Crippen LogP) is 4.98. The molecular formula is C15H12ClNS. The van der Waals surface area contributed by atoms with Crippen LogP contribution in [0, 0.1) is 25.2 Å². The van der Waals surface area contributed by atoms with Crippen molar-refractivity contribution in [2.45, 2.75) is 23.6 Å². The first-order valence-corrected chi connectivity index (χ1v) is 6.75. The topological polar surface area (TPSA) is 23.8 Å². The van der Waals surface area contributed by atoms with Gasteiger partial charge in [0.25, 0.3) is 0 Å². The van der Waals surface area contributed by atoms with Gasteiger partial charge in [-0.15, -0.1) is 0 Å². The molecule has 0 heterocycles. The van der Waals surface area contributed by atoms with E-state index in [0.717, 1.165) is 25.9 Å². The lowest BCUT2D eigenvalue weighted by molar-refractivity contribution is 1.24. The zero-order chi connectivity index (χ0) is 13.1. The Kier molecular flexibility index (Phi) is 3.96. The van der Waals surface area contributed by atoms with E-state index in [0.29, 0.717) is 5.56 Å². The second kappa shape index (κ2) is 5.48. The zero-order valence-corrected chi connectivity index (χ0v) is 11.8. The van der Waals surface area contributed by atoms with E-state index in [-0.39, 0.29) is 0 Å². The first-order valence-electron chi connectivity index (χ1n) is 5.55. The molecule has 0 bridgehead atoms. The molecule has 0 aliphatic carbocycles. The summed E-state index contributed by atoms with van der Waals surface area (Å²) < 4.78 is 0. The van der Waals surface area contributed by atoms with Crippen molar-refractivity contribution >= 4 is 23.4 Å². The van der Waals surface area contributed by atoms with Crippen LogP contribution in [0.3, 0.4) is 0 Å². The van der Waals surface area contributed by atoms with Gasteiger partial charge in [0.15, 0.2) is 0 Å². The Morgan fingerprint density at radius 1 is 1.11 bits per heavy atom. The van der Waals surface area contributed by atoms with E-state index in [9.17, 15) is 0 Å². The van der Waals surface area contributed by atoms with E-state index in [1.165, 1.54) is 0 Å². The van der Waals surface area contributed by atoms with Crippen molar-refractivity contribution in [1.82, 2.24) is 0 Å². The summed E-state index contributed by atoms with van der Waals surface area (Å²) in [6.07, 6.45) is 0. The number of benzene rings is 2. The summed E-state index contributed by atoms with van der Waals surface area (Å²) in [4.78, 5) is 2.15. The molecule has 0 saturated carbocycles. The smallest absolute Gasteiger partial charge is 0.100 e. The van der Waals surface area contributed by atoms with Crippen LogP contribution in [-0.2, 0) is 0 Å². The van der Waals surface area contributed by atoms with Crippen LogP contribution in [0.1, 0.15) is 16.7 Å². The third kappa shape index (κ3) is 2.69. The van der Waals surface area contributed by atoms with E-state index in [1.807, 2.05) is 50.2 Å². The van der Waals surface area contributed by atoms with Crippen molar-refractivity contribution in [3.05, 3.63) is 58.1 Å². The number of halogens is 1. The Balaban J connectivity index is 2.43. The molecule has 0 saturated heterocycles. The van der Waals surface area contributed by atoms with Gasteiger partial charge in [-0.3, -0.25) is 0 Å². The molecular weight excluding hydrogens is 262 g/mol. The van der Waals surface area contributed by atoms with Crippen molar-refractivity contribution in [1.29, 1.82) is 5.26 Å². The van der Waals surface area contributed by atoms with Crippen LogP contribution in [-0.4, -0.2) is 0 Å². The van der Waals surface area contributed by atoms with Crippen LogP contribution in [0.2, 0.25) is 5.02 Å². The van der Waals surface area contributed by atoms with Gasteiger partial charge in [-0.1, -0.05) is 35.5 Å². The maximum atomic E-state index is 9.15. The highest BCUT2D eigenvalue weighted by molar-refractivity contribution is 7.99. The number of hydrogen-bond acceptors (Lipinski definition) is 2. The highest BCUT2D eigenvalue weighted by atomic mass is 35.5.